The van der Waals surface area contributed by atoms with Gasteiger partial charge in [0.15, 0.2) is 0 Å². The normalized spacial score (nSPS) is 19.3. The zero-order chi connectivity index (χ0) is 18.7. The molecule has 27 heavy (non-hydrogen) atoms. The summed E-state index contributed by atoms with van der Waals surface area (Å²) < 4.78 is 6.21. The zero-order valence-electron chi connectivity index (χ0n) is 15.7. The lowest BCUT2D eigenvalue weighted by molar-refractivity contribution is -0.138. The number of rotatable bonds is 3. The van der Waals surface area contributed by atoms with Gasteiger partial charge in [0, 0.05) is 51.0 Å². The lowest BCUT2D eigenvalue weighted by Crippen LogP contribution is -2.58. The Morgan fingerprint density at radius 2 is 2.00 bits per heavy atom. The molecule has 0 aromatic carbocycles. The monoisotopic (exact) mass is 367 g/mol. The summed E-state index contributed by atoms with van der Waals surface area (Å²) in [5.41, 5.74) is 1.70. The first-order valence-corrected chi connectivity index (χ1v) is 9.48. The van der Waals surface area contributed by atoms with Gasteiger partial charge < -0.3 is 14.5 Å². The lowest BCUT2D eigenvalue weighted by Gasteiger charge is -2.47. The fourth-order valence-electron chi connectivity index (χ4n) is 3.99. The summed E-state index contributed by atoms with van der Waals surface area (Å²) in [5.74, 6) is 1.10. The van der Waals surface area contributed by atoms with E-state index in [2.05, 4.69) is 19.9 Å². The van der Waals surface area contributed by atoms with Crippen molar-refractivity contribution < 1.29 is 9.53 Å². The SMILES string of the molecule is Cc1nccnc1N1CCOC2(CCN(C(=O)Cc3cccnc3)CC2)C1. The van der Waals surface area contributed by atoms with E-state index in [4.69, 9.17) is 4.74 Å². The summed E-state index contributed by atoms with van der Waals surface area (Å²) in [6.45, 7) is 5.75. The summed E-state index contributed by atoms with van der Waals surface area (Å²) in [6, 6.07) is 3.81. The van der Waals surface area contributed by atoms with Crippen molar-refractivity contribution >= 4 is 11.7 Å². The standard InChI is InChI=1S/C20H25N5O2/c1-16-19(23-8-7-22-16)25-11-12-27-20(15-25)4-9-24(10-5-20)18(26)13-17-3-2-6-21-14-17/h2-3,6-8,14H,4-5,9-13,15H2,1H3. The van der Waals surface area contributed by atoms with Gasteiger partial charge in [-0.2, -0.15) is 0 Å². The van der Waals surface area contributed by atoms with E-state index in [0.717, 1.165) is 56.1 Å². The third-order valence-corrected chi connectivity index (χ3v) is 5.51. The molecule has 7 heteroatoms. The highest BCUT2D eigenvalue weighted by atomic mass is 16.5. The largest absolute Gasteiger partial charge is 0.371 e. The summed E-state index contributed by atoms with van der Waals surface area (Å²) in [7, 11) is 0. The lowest BCUT2D eigenvalue weighted by atomic mass is 9.89. The molecular weight excluding hydrogens is 342 g/mol. The molecule has 2 aromatic rings. The van der Waals surface area contributed by atoms with Crippen LogP contribution in [0.3, 0.4) is 0 Å². The van der Waals surface area contributed by atoms with Crippen LogP contribution in [-0.2, 0) is 16.0 Å². The number of nitrogens with zero attached hydrogens (tertiary/aromatic N) is 5. The second-order valence-corrected chi connectivity index (χ2v) is 7.34. The number of pyridine rings is 1. The Hall–Kier alpha value is -2.54. The van der Waals surface area contributed by atoms with Gasteiger partial charge in [0.2, 0.25) is 5.91 Å². The molecule has 4 heterocycles. The van der Waals surface area contributed by atoms with Gasteiger partial charge in [0.1, 0.15) is 5.82 Å². The van der Waals surface area contributed by atoms with E-state index >= 15 is 0 Å². The fraction of sp³-hybridized carbons (Fsp3) is 0.500. The molecule has 1 amide bonds. The number of carbonyl (C=O) groups excluding carboxylic acids is 1. The Balaban J connectivity index is 1.38. The number of hydrogen-bond donors (Lipinski definition) is 0. The molecule has 2 aromatic heterocycles. The maximum Gasteiger partial charge on any atom is 0.227 e. The first-order chi connectivity index (χ1) is 13.2. The minimum absolute atomic E-state index is 0.162. The molecule has 7 nitrogen and oxygen atoms in total. The Morgan fingerprint density at radius 3 is 2.74 bits per heavy atom. The van der Waals surface area contributed by atoms with Crippen molar-refractivity contribution in [2.75, 3.05) is 37.7 Å². The maximum atomic E-state index is 12.6. The number of anilines is 1. The molecule has 0 saturated carbocycles. The molecule has 4 rings (SSSR count). The Bertz CT molecular complexity index is 790. The van der Waals surface area contributed by atoms with E-state index in [1.807, 2.05) is 24.0 Å². The van der Waals surface area contributed by atoms with Gasteiger partial charge in [-0.3, -0.25) is 14.8 Å². The van der Waals surface area contributed by atoms with E-state index < -0.39 is 0 Å². The number of amides is 1. The Kier molecular flexibility index (Phi) is 5.03. The summed E-state index contributed by atoms with van der Waals surface area (Å²) in [4.78, 5) is 29.8. The quantitative estimate of drug-likeness (QED) is 0.821. The van der Waals surface area contributed by atoms with Crippen LogP contribution in [0.2, 0.25) is 0 Å². The van der Waals surface area contributed by atoms with Crippen LogP contribution in [0.15, 0.2) is 36.9 Å². The van der Waals surface area contributed by atoms with Crippen molar-refractivity contribution in [3.63, 3.8) is 0 Å². The number of piperidine rings is 1. The molecule has 2 aliphatic heterocycles. The topological polar surface area (TPSA) is 71.5 Å². The number of carbonyl (C=O) groups is 1. The predicted molar refractivity (Wildman–Crippen MR) is 101 cm³/mol. The highest BCUT2D eigenvalue weighted by Crippen LogP contribution is 2.32. The van der Waals surface area contributed by atoms with Crippen molar-refractivity contribution in [3.05, 3.63) is 48.2 Å². The van der Waals surface area contributed by atoms with Gasteiger partial charge in [-0.25, -0.2) is 4.98 Å². The molecule has 0 aliphatic carbocycles. The Labute approximate surface area is 159 Å². The van der Waals surface area contributed by atoms with Gasteiger partial charge in [-0.05, 0) is 31.4 Å². The minimum atomic E-state index is -0.201. The average molecular weight is 367 g/mol. The fourth-order valence-corrected chi connectivity index (χ4v) is 3.99. The van der Waals surface area contributed by atoms with E-state index in [1.165, 1.54) is 0 Å². The molecular formula is C20H25N5O2. The first-order valence-electron chi connectivity index (χ1n) is 9.48. The maximum absolute atomic E-state index is 12.6. The van der Waals surface area contributed by atoms with Crippen LogP contribution in [0.5, 0.6) is 0 Å². The molecule has 0 radical (unpaired) electrons. The number of likely N-dealkylation sites (tertiary alicyclic amines) is 1. The highest BCUT2D eigenvalue weighted by Gasteiger charge is 2.41. The van der Waals surface area contributed by atoms with Crippen molar-refractivity contribution in [1.82, 2.24) is 19.9 Å². The molecule has 0 bridgehead atoms. The summed E-state index contributed by atoms with van der Waals surface area (Å²) in [5, 5.41) is 0. The van der Waals surface area contributed by atoms with Crippen LogP contribution in [0, 0.1) is 6.92 Å². The van der Waals surface area contributed by atoms with Crippen molar-refractivity contribution in [3.8, 4) is 0 Å². The van der Waals surface area contributed by atoms with E-state index in [-0.39, 0.29) is 11.5 Å². The van der Waals surface area contributed by atoms with Crippen LogP contribution in [0.1, 0.15) is 24.1 Å². The molecule has 2 aliphatic rings. The molecule has 2 saturated heterocycles. The molecule has 1 spiro atoms. The summed E-state index contributed by atoms with van der Waals surface area (Å²) in [6.07, 6.45) is 9.06. The van der Waals surface area contributed by atoms with Gasteiger partial charge in [-0.1, -0.05) is 6.07 Å². The minimum Gasteiger partial charge on any atom is -0.371 e. The highest BCUT2D eigenvalue weighted by molar-refractivity contribution is 5.78. The van der Waals surface area contributed by atoms with Gasteiger partial charge >= 0.3 is 0 Å². The molecule has 0 atom stereocenters. The number of aromatic nitrogens is 3. The first kappa shape index (κ1) is 17.9. The number of ether oxygens (including phenoxy) is 1. The number of aryl methyl sites for hydroxylation is 1. The third kappa shape index (κ3) is 3.93. The van der Waals surface area contributed by atoms with Crippen LogP contribution in [0.4, 0.5) is 5.82 Å². The molecule has 2 fully saturated rings. The van der Waals surface area contributed by atoms with Crippen LogP contribution < -0.4 is 4.90 Å². The Morgan fingerprint density at radius 1 is 1.19 bits per heavy atom. The second-order valence-electron chi connectivity index (χ2n) is 7.34. The van der Waals surface area contributed by atoms with Crippen molar-refractivity contribution in [2.45, 2.75) is 31.8 Å². The van der Waals surface area contributed by atoms with Crippen molar-refractivity contribution in [1.29, 1.82) is 0 Å². The molecule has 0 unspecified atom stereocenters. The van der Waals surface area contributed by atoms with Gasteiger partial charge in [0.25, 0.3) is 0 Å². The second kappa shape index (κ2) is 7.60. The van der Waals surface area contributed by atoms with Gasteiger partial charge in [0.05, 0.1) is 24.3 Å². The predicted octanol–water partition coefficient (Wildman–Crippen LogP) is 1.62. The number of morpholine rings is 1. The summed E-state index contributed by atoms with van der Waals surface area (Å²) >= 11 is 0. The van der Waals surface area contributed by atoms with Gasteiger partial charge in [-0.15, -0.1) is 0 Å². The van der Waals surface area contributed by atoms with E-state index in [1.54, 1.807) is 24.8 Å². The van der Waals surface area contributed by atoms with Crippen LogP contribution in [0.25, 0.3) is 0 Å². The van der Waals surface area contributed by atoms with Crippen molar-refractivity contribution in [2.24, 2.45) is 0 Å². The third-order valence-electron chi connectivity index (χ3n) is 5.51. The number of hydrogen-bond acceptors (Lipinski definition) is 6. The van der Waals surface area contributed by atoms with E-state index in [0.29, 0.717) is 13.0 Å². The molecule has 142 valence electrons. The van der Waals surface area contributed by atoms with Crippen LogP contribution in [-0.4, -0.2) is 64.1 Å². The molecule has 0 N–H and O–H groups in total. The van der Waals surface area contributed by atoms with Crippen LogP contribution >= 0.6 is 0 Å². The smallest absolute Gasteiger partial charge is 0.227 e. The van der Waals surface area contributed by atoms with E-state index in [9.17, 15) is 4.79 Å². The average Bonchev–Trinajstić information content (AvgIpc) is 2.70. The zero-order valence-corrected chi connectivity index (χ0v) is 15.7.